The molecule has 2 unspecified atom stereocenters. The lowest BCUT2D eigenvalue weighted by Crippen LogP contribution is -2.39. The van der Waals surface area contributed by atoms with E-state index in [1.54, 1.807) is 12.2 Å². The van der Waals surface area contributed by atoms with Gasteiger partial charge >= 0.3 is 5.97 Å². The minimum Gasteiger partial charge on any atom is -0.481 e. The summed E-state index contributed by atoms with van der Waals surface area (Å²) in [6, 6.07) is -0.360. The van der Waals surface area contributed by atoms with Crippen LogP contribution in [0.3, 0.4) is 0 Å². The molecule has 0 amide bonds. The number of sulfonamides is 1. The molecule has 2 aliphatic carbocycles. The number of nitrogens with one attached hydrogen (secondary N) is 1. The van der Waals surface area contributed by atoms with E-state index in [-0.39, 0.29) is 11.3 Å². The zero-order valence-electron chi connectivity index (χ0n) is 9.50. The summed E-state index contributed by atoms with van der Waals surface area (Å²) in [7, 11) is -3.29. The lowest BCUT2D eigenvalue weighted by molar-refractivity contribution is -0.140. The van der Waals surface area contributed by atoms with E-state index in [4.69, 9.17) is 5.11 Å². The largest absolute Gasteiger partial charge is 0.481 e. The van der Waals surface area contributed by atoms with Gasteiger partial charge in [0.1, 0.15) is 0 Å². The van der Waals surface area contributed by atoms with Gasteiger partial charge in [-0.1, -0.05) is 25.0 Å². The first-order valence-corrected chi connectivity index (χ1v) is 7.46. The van der Waals surface area contributed by atoms with Gasteiger partial charge in [-0.3, -0.25) is 4.79 Å². The van der Waals surface area contributed by atoms with Crippen LogP contribution in [0.15, 0.2) is 12.2 Å². The van der Waals surface area contributed by atoms with Gasteiger partial charge in [-0.05, 0) is 19.3 Å². The molecule has 5 nitrogen and oxygen atoms in total. The average Bonchev–Trinajstić information content (AvgIpc) is 2.85. The summed E-state index contributed by atoms with van der Waals surface area (Å²) < 4.78 is 26.5. The van der Waals surface area contributed by atoms with Crippen LogP contribution in [0.4, 0.5) is 0 Å². The van der Waals surface area contributed by atoms with Gasteiger partial charge in [0, 0.05) is 6.04 Å². The van der Waals surface area contributed by atoms with Crippen LogP contribution < -0.4 is 4.72 Å². The minimum absolute atomic E-state index is 0.292. The van der Waals surface area contributed by atoms with E-state index < -0.39 is 21.9 Å². The topological polar surface area (TPSA) is 83.5 Å². The lowest BCUT2D eigenvalue weighted by Gasteiger charge is -2.16. The van der Waals surface area contributed by atoms with E-state index in [0.29, 0.717) is 19.3 Å². The average molecular weight is 259 g/mol. The van der Waals surface area contributed by atoms with Crippen LogP contribution in [-0.4, -0.2) is 30.8 Å². The summed E-state index contributed by atoms with van der Waals surface area (Å²) in [6.45, 7) is 0. The maximum atomic E-state index is 12.0. The van der Waals surface area contributed by atoms with E-state index in [2.05, 4.69) is 4.72 Å². The molecule has 2 rings (SSSR count). The maximum absolute atomic E-state index is 12.0. The standard InChI is InChI=1S/C11H17NO4S/c13-11(14)8-5-6-9(7-8)12-17(15,16)10-3-1-2-4-10/h5-6,8-10,12H,1-4,7H2,(H,13,14). The highest BCUT2D eigenvalue weighted by Gasteiger charge is 2.33. The molecule has 0 spiro atoms. The number of hydrogen-bond acceptors (Lipinski definition) is 3. The smallest absolute Gasteiger partial charge is 0.310 e. The van der Waals surface area contributed by atoms with Gasteiger partial charge in [0.15, 0.2) is 0 Å². The number of aliphatic carboxylic acids is 1. The SMILES string of the molecule is O=C(O)C1C=CC(NS(=O)(=O)C2CCCC2)C1. The first kappa shape index (κ1) is 12.6. The summed E-state index contributed by atoms with van der Waals surface area (Å²) in [5, 5.41) is 8.52. The molecule has 1 saturated carbocycles. The van der Waals surface area contributed by atoms with Crippen molar-refractivity contribution in [2.45, 2.75) is 43.4 Å². The second-order valence-corrected chi connectivity index (χ2v) is 6.73. The highest BCUT2D eigenvalue weighted by atomic mass is 32.2. The summed E-state index contributed by atoms with van der Waals surface area (Å²) >= 11 is 0. The van der Waals surface area contributed by atoms with E-state index in [0.717, 1.165) is 12.8 Å². The van der Waals surface area contributed by atoms with Crippen molar-refractivity contribution in [3.63, 3.8) is 0 Å². The Hall–Kier alpha value is -0.880. The predicted molar refractivity (Wildman–Crippen MR) is 63.0 cm³/mol. The number of carboxylic acids is 1. The molecular weight excluding hydrogens is 242 g/mol. The fraction of sp³-hybridized carbons (Fsp3) is 0.727. The van der Waals surface area contributed by atoms with Gasteiger partial charge in [0.2, 0.25) is 10.0 Å². The Morgan fingerprint density at radius 3 is 2.41 bits per heavy atom. The monoisotopic (exact) mass is 259 g/mol. The Morgan fingerprint density at radius 1 is 1.24 bits per heavy atom. The summed E-state index contributed by atoms with van der Waals surface area (Å²) in [4.78, 5) is 10.7. The number of rotatable bonds is 4. The van der Waals surface area contributed by atoms with Crippen LogP contribution in [0.25, 0.3) is 0 Å². The third-order valence-electron chi connectivity index (χ3n) is 3.46. The fourth-order valence-corrected chi connectivity index (χ4v) is 4.22. The molecule has 6 heteroatoms. The molecule has 0 aromatic carbocycles. The third kappa shape index (κ3) is 2.87. The molecular formula is C11H17NO4S. The van der Waals surface area contributed by atoms with Crippen molar-refractivity contribution in [1.29, 1.82) is 0 Å². The normalized spacial score (nSPS) is 29.9. The molecule has 2 N–H and O–H groups in total. The highest BCUT2D eigenvalue weighted by Crippen LogP contribution is 2.26. The van der Waals surface area contributed by atoms with Crippen LogP contribution in [0.2, 0.25) is 0 Å². The van der Waals surface area contributed by atoms with E-state index in [1.165, 1.54) is 0 Å². The van der Waals surface area contributed by atoms with Crippen LogP contribution in [0.5, 0.6) is 0 Å². The van der Waals surface area contributed by atoms with Gasteiger partial charge in [-0.15, -0.1) is 0 Å². The summed E-state index contributed by atoms with van der Waals surface area (Å²) in [5.41, 5.74) is 0. The van der Waals surface area contributed by atoms with Crippen LogP contribution in [0.1, 0.15) is 32.1 Å². The molecule has 0 aliphatic heterocycles. The van der Waals surface area contributed by atoms with Crippen molar-refractivity contribution < 1.29 is 18.3 Å². The number of carbonyl (C=O) groups is 1. The summed E-state index contributed by atoms with van der Waals surface area (Å²) in [5.74, 6) is -1.46. The molecule has 0 aromatic heterocycles. The highest BCUT2D eigenvalue weighted by molar-refractivity contribution is 7.90. The van der Waals surface area contributed by atoms with Crippen molar-refractivity contribution in [1.82, 2.24) is 4.72 Å². The predicted octanol–water partition coefficient (Wildman–Crippen LogP) is 0.878. The fourth-order valence-electron chi connectivity index (χ4n) is 2.48. The van der Waals surface area contributed by atoms with Gasteiger partial charge in [0.05, 0.1) is 11.2 Å². The Bertz CT molecular complexity index is 423. The van der Waals surface area contributed by atoms with Crippen molar-refractivity contribution in [3.8, 4) is 0 Å². The zero-order valence-corrected chi connectivity index (χ0v) is 10.3. The summed E-state index contributed by atoms with van der Waals surface area (Å²) in [6.07, 6.45) is 6.88. The van der Waals surface area contributed by atoms with Gasteiger partial charge < -0.3 is 5.11 Å². The third-order valence-corrected chi connectivity index (χ3v) is 5.44. The molecule has 96 valence electrons. The van der Waals surface area contributed by atoms with Crippen LogP contribution in [-0.2, 0) is 14.8 Å². The van der Waals surface area contributed by atoms with E-state index >= 15 is 0 Å². The van der Waals surface area contributed by atoms with Crippen molar-refractivity contribution >= 4 is 16.0 Å². The minimum atomic E-state index is -3.29. The molecule has 2 aliphatic rings. The van der Waals surface area contributed by atoms with Gasteiger partial charge in [-0.25, -0.2) is 13.1 Å². The molecule has 0 saturated heterocycles. The molecule has 17 heavy (non-hydrogen) atoms. The Kier molecular flexibility index (Phi) is 3.53. The molecule has 2 atom stereocenters. The van der Waals surface area contributed by atoms with Gasteiger partial charge in [-0.2, -0.15) is 0 Å². The Labute approximate surface area is 101 Å². The van der Waals surface area contributed by atoms with Crippen LogP contribution >= 0.6 is 0 Å². The maximum Gasteiger partial charge on any atom is 0.310 e. The molecule has 0 bridgehead atoms. The second kappa shape index (κ2) is 4.78. The zero-order chi connectivity index (χ0) is 12.5. The van der Waals surface area contributed by atoms with Gasteiger partial charge in [0.25, 0.3) is 0 Å². The van der Waals surface area contributed by atoms with Crippen molar-refractivity contribution in [2.24, 2.45) is 5.92 Å². The number of carboxylic acid groups (broad SMARTS) is 1. The first-order chi connectivity index (χ1) is 7.99. The molecule has 1 fully saturated rings. The van der Waals surface area contributed by atoms with Crippen molar-refractivity contribution in [2.75, 3.05) is 0 Å². The Morgan fingerprint density at radius 2 is 1.88 bits per heavy atom. The second-order valence-electron chi connectivity index (χ2n) is 4.74. The van der Waals surface area contributed by atoms with E-state index in [9.17, 15) is 13.2 Å². The first-order valence-electron chi connectivity index (χ1n) is 5.91. The van der Waals surface area contributed by atoms with E-state index in [1.807, 2.05) is 0 Å². The lowest BCUT2D eigenvalue weighted by atomic mass is 10.1. The molecule has 0 aromatic rings. The Balaban J connectivity index is 1.94. The number of hydrogen-bond donors (Lipinski definition) is 2. The van der Waals surface area contributed by atoms with Crippen LogP contribution in [0, 0.1) is 5.92 Å². The quantitative estimate of drug-likeness (QED) is 0.734. The van der Waals surface area contributed by atoms with Crippen molar-refractivity contribution in [3.05, 3.63) is 12.2 Å². The molecule has 0 radical (unpaired) electrons. The molecule has 0 heterocycles.